The van der Waals surface area contributed by atoms with Gasteiger partial charge >= 0.3 is 0 Å². The molecule has 5 rings (SSSR count). The van der Waals surface area contributed by atoms with Crippen molar-refractivity contribution in [2.75, 3.05) is 0 Å². The predicted molar refractivity (Wildman–Crippen MR) is 119 cm³/mol. The standard InChI is InChI=1S/C25H27N5/c1-16-11-12-27(4)21(13-16)23-17(2)14-18(3)24(29(23)6)22-15-30-20-10-8-7-9-19(20)26-25(30)28(22)5/h7-15H,1-6H3/q+2. The predicted octanol–water partition coefficient (Wildman–Crippen LogP) is 3.73. The second-order valence-corrected chi connectivity index (χ2v) is 8.31. The van der Waals surface area contributed by atoms with Crippen molar-refractivity contribution in [2.24, 2.45) is 21.1 Å². The summed E-state index contributed by atoms with van der Waals surface area (Å²) in [6.07, 6.45) is 4.34. The van der Waals surface area contributed by atoms with Crippen LogP contribution in [0.5, 0.6) is 0 Å². The summed E-state index contributed by atoms with van der Waals surface area (Å²) in [7, 11) is 6.37. The molecule has 0 bridgehead atoms. The molecule has 0 atom stereocenters. The Morgan fingerprint density at radius 3 is 2.43 bits per heavy atom. The molecule has 0 amide bonds. The number of fused-ring (bicyclic) bond motifs is 3. The van der Waals surface area contributed by atoms with Crippen LogP contribution in [0.3, 0.4) is 0 Å². The van der Waals surface area contributed by atoms with Gasteiger partial charge in [0.15, 0.2) is 6.20 Å². The molecule has 150 valence electrons. The molecule has 30 heavy (non-hydrogen) atoms. The zero-order valence-electron chi connectivity index (χ0n) is 18.4. The van der Waals surface area contributed by atoms with E-state index in [1.54, 1.807) is 0 Å². The van der Waals surface area contributed by atoms with Crippen molar-refractivity contribution in [1.82, 2.24) is 14.0 Å². The highest BCUT2D eigenvalue weighted by Crippen LogP contribution is 2.28. The van der Waals surface area contributed by atoms with Crippen molar-refractivity contribution in [3.63, 3.8) is 0 Å². The molecule has 0 aliphatic rings. The van der Waals surface area contributed by atoms with Crippen molar-refractivity contribution in [1.29, 1.82) is 0 Å². The Labute approximate surface area is 176 Å². The van der Waals surface area contributed by atoms with Crippen LogP contribution in [0.2, 0.25) is 0 Å². The van der Waals surface area contributed by atoms with Crippen LogP contribution in [0.1, 0.15) is 16.7 Å². The van der Waals surface area contributed by atoms with Gasteiger partial charge in [0.2, 0.25) is 11.5 Å². The largest absolute Gasteiger partial charge is 0.308 e. The van der Waals surface area contributed by atoms with Crippen LogP contribution in [0.25, 0.3) is 39.6 Å². The molecule has 0 N–H and O–H groups in total. The van der Waals surface area contributed by atoms with Gasteiger partial charge in [-0.1, -0.05) is 12.1 Å². The SMILES string of the molecule is Cc1cc[n+](C)c(-c2c(C)cc(C)c(-c3cn4c5ccccc5nc4n3C)[n+]2C)c1. The third-order valence-electron chi connectivity index (χ3n) is 6.13. The number of hydrogen-bond acceptors (Lipinski definition) is 1. The highest BCUT2D eigenvalue weighted by Gasteiger charge is 2.29. The molecule has 0 aliphatic heterocycles. The van der Waals surface area contributed by atoms with E-state index in [0.29, 0.717) is 0 Å². The summed E-state index contributed by atoms with van der Waals surface area (Å²) in [6.45, 7) is 6.53. The lowest BCUT2D eigenvalue weighted by Gasteiger charge is -2.10. The highest BCUT2D eigenvalue weighted by atomic mass is 15.2. The van der Waals surface area contributed by atoms with E-state index in [2.05, 4.69) is 109 Å². The second-order valence-electron chi connectivity index (χ2n) is 8.31. The van der Waals surface area contributed by atoms with Gasteiger partial charge in [-0.15, -0.1) is 0 Å². The van der Waals surface area contributed by atoms with Gasteiger partial charge in [-0.2, -0.15) is 9.13 Å². The van der Waals surface area contributed by atoms with Crippen molar-refractivity contribution >= 4 is 16.8 Å². The van der Waals surface area contributed by atoms with E-state index >= 15 is 0 Å². The first-order chi connectivity index (χ1) is 14.4. The maximum absolute atomic E-state index is 4.86. The molecule has 4 heterocycles. The average Bonchev–Trinajstić information content (AvgIpc) is 3.21. The molecule has 5 heteroatoms. The zero-order chi connectivity index (χ0) is 21.2. The van der Waals surface area contributed by atoms with E-state index in [0.717, 1.165) is 22.5 Å². The van der Waals surface area contributed by atoms with E-state index in [1.807, 2.05) is 6.07 Å². The maximum atomic E-state index is 4.86. The molecule has 4 aromatic heterocycles. The van der Waals surface area contributed by atoms with Gasteiger partial charge in [0, 0.05) is 36.5 Å². The van der Waals surface area contributed by atoms with E-state index < -0.39 is 0 Å². The second kappa shape index (κ2) is 6.52. The molecule has 0 unspecified atom stereocenters. The Balaban J connectivity index is 1.82. The van der Waals surface area contributed by atoms with Crippen LogP contribution in [-0.2, 0) is 21.1 Å². The number of pyridine rings is 2. The van der Waals surface area contributed by atoms with E-state index in [9.17, 15) is 0 Å². The van der Waals surface area contributed by atoms with E-state index in [4.69, 9.17) is 4.98 Å². The zero-order valence-corrected chi connectivity index (χ0v) is 18.4. The van der Waals surface area contributed by atoms with Crippen LogP contribution in [0.4, 0.5) is 0 Å². The lowest BCUT2D eigenvalue weighted by Crippen LogP contribution is -2.41. The first-order valence-corrected chi connectivity index (χ1v) is 10.3. The molecule has 5 nitrogen and oxygen atoms in total. The minimum Gasteiger partial charge on any atom is -0.308 e. The average molecular weight is 398 g/mol. The number of aromatic nitrogens is 5. The summed E-state index contributed by atoms with van der Waals surface area (Å²) in [5.41, 5.74) is 10.7. The lowest BCUT2D eigenvalue weighted by molar-refractivity contribution is -0.685. The van der Waals surface area contributed by atoms with E-state index in [-0.39, 0.29) is 0 Å². The number of imidazole rings is 2. The molecule has 0 aliphatic carbocycles. The molecular weight excluding hydrogens is 370 g/mol. The van der Waals surface area contributed by atoms with Crippen LogP contribution in [0.15, 0.2) is 54.9 Å². The van der Waals surface area contributed by atoms with Gasteiger partial charge in [0.1, 0.15) is 19.8 Å². The lowest BCUT2D eigenvalue weighted by atomic mass is 10.0. The summed E-state index contributed by atoms with van der Waals surface area (Å²) >= 11 is 0. The number of hydrogen-bond donors (Lipinski definition) is 0. The molecule has 5 aromatic rings. The van der Waals surface area contributed by atoms with Crippen molar-refractivity contribution in [3.05, 3.63) is 71.5 Å². The normalized spacial score (nSPS) is 11.7. The third-order valence-corrected chi connectivity index (χ3v) is 6.13. The third kappa shape index (κ3) is 2.58. The molecule has 0 fully saturated rings. The summed E-state index contributed by atoms with van der Waals surface area (Å²) in [6, 6.07) is 15.0. The number of rotatable bonds is 2. The smallest absolute Gasteiger partial charge is 0.280 e. The fraction of sp³-hybridized carbons (Fsp3) is 0.240. The number of para-hydroxylation sites is 2. The Morgan fingerprint density at radius 1 is 0.900 bits per heavy atom. The number of aryl methyl sites for hydroxylation is 5. The molecule has 0 spiro atoms. The molecule has 0 saturated heterocycles. The summed E-state index contributed by atoms with van der Waals surface area (Å²) in [4.78, 5) is 4.86. The van der Waals surface area contributed by atoms with Gasteiger partial charge in [-0.25, -0.2) is 4.98 Å². The van der Waals surface area contributed by atoms with Crippen LogP contribution in [0, 0.1) is 20.8 Å². The highest BCUT2D eigenvalue weighted by molar-refractivity contribution is 5.81. The van der Waals surface area contributed by atoms with Gasteiger partial charge in [0.05, 0.1) is 11.0 Å². The monoisotopic (exact) mass is 397 g/mol. The minimum atomic E-state index is 0.953. The van der Waals surface area contributed by atoms with Crippen molar-refractivity contribution in [2.45, 2.75) is 20.8 Å². The van der Waals surface area contributed by atoms with Crippen LogP contribution < -0.4 is 9.13 Å². The first kappa shape index (κ1) is 18.6. The Hall–Kier alpha value is -3.47. The fourth-order valence-corrected chi connectivity index (χ4v) is 4.69. The summed E-state index contributed by atoms with van der Waals surface area (Å²) < 4.78 is 8.91. The summed E-state index contributed by atoms with van der Waals surface area (Å²) in [5, 5.41) is 0. The first-order valence-electron chi connectivity index (χ1n) is 10.3. The molecule has 0 saturated carbocycles. The summed E-state index contributed by atoms with van der Waals surface area (Å²) in [5.74, 6) is 0.953. The minimum absolute atomic E-state index is 0.953. The Morgan fingerprint density at radius 2 is 1.63 bits per heavy atom. The van der Waals surface area contributed by atoms with Crippen LogP contribution >= 0.6 is 0 Å². The molecular formula is C25H27N5+2. The van der Waals surface area contributed by atoms with Gasteiger partial charge in [-0.3, -0.25) is 4.40 Å². The van der Waals surface area contributed by atoms with Gasteiger partial charge in [0.25, 0.3) is 11.4 Å². The Bertz CT molecular complexity index is 1450. The number of nitrogens with zero attached hydrogens (tertiary/aromatic N) is 5. The van der Waals surface area contributed by atoms with Crippen molar-refractivity contribution in [3.8, 4) is 22.8 Å². The number of benzene rings is 1. The van der Waals surface area contributed by atoms with Gasteiger partial charge in [-0.05, 0) is 44.5 Å². The van der Waals surface area contributed by atoms with E-state index in [1.165, 1.54) is 33.8 Å². The van der Waals surface area contributed by atoms with Crippen LogP contribution in [-0.4, -0.2) is 14.0 Å². The fourth-order valence-electron chi connectivity index (χ4n) is 4.69. The van der Waals surface area contributed by atoms with Gasteiger partial charge < -0.3 is 4.57 Å². The molecule has 1 aromatic carbocycles. The maximum Gasteiger partial charge on any atom is 0.280 e. The quantitative estimate of drug-likeness (QED) is 0.418. The topological polar surface area (TPSA) is 30.0 Å². The Kier molecular flexibility index (Phi) is 4.03. The van der Waals surface area contributed by atoms with Crippen molar-refractivity contribution < 1.29 is 9.13 Å². The molecule has 0 radical (unpaired) electrons.